The maximum Gasteiger partial charge on any atom is 0.161 e. The van der Waals surface area contributed by atoms with Gasteiger partial charge >= 0.3 is 0 Å². The van der Waals surface area contributed by atoms with E-state index < -0.39 is 0 Å². The molecular weight excluding hydrogens is 339 g/mol. The van der Waals surface area contributed by atoms with Crippen LogP contribution in [0, 0.1) is 6.92 Å². The van der Waals surface area contributed by atoms with Gasteiger partial charge < -0.3 is 4.74 Å². The van der Waals surface area contributed by atoms with Crippen molar-refractivity contribution in [2.45, 2.75) is 6.92 Å². The SMILES string of the molecule is COc1ccc(-c2nc(C)c(Br)c(Cl)n2)cc1Cl. The Labute approximate surface area is 123 Å². The normalized spacial score (nSPS) is 10.5. The zero-order valence-corrected chi connectivity index (χ0v) is 12.8. The average molecular weight is 348 g/mol. The van der Waals surface area contributed by atoms with Crippen LogP contribution in [0.1, 0.15) is 5.69 Å². The lowest BCUT2D eigenvalue weighted by atomic mass is 10.2. The first-order chi connectivity index (χ1) is 8.52. The largest absolute Gasteiger partial charge is 0.495 e. The van der Waals surface area contributed by atoms with Crippen molar-refractivity contribution in [3.05, 3.63) is 38.5 Å². The maximum absolute atomic E-state index is 6.07. The molecule has 3 nitrogen and oxygen atoms in total. The molecule has 1 aromatic heterocycles. The fraction of sp³-hybridized carbons (Fsp3) is 0.167. The first kappa shape index (κ1) is 13.6. The fourth-order valence-corrected chi connectivity index (χ4v) is 2.11. The van der Waals surface area contributed by atoms with Crippen molar-refractivity contribution in [2.24, 2.45) is 0 Å². The van der Waals surface area contributed by atoms with Gasteiger partial charge in [0.1, 0.15) is 10.9 Å². The Morgan fingerprint density at radius 3 is 2.50 bits per heavy atom. The fourth-order valence-electron chi connectivity index (χ4n) is 1.46. The Balaban J connectivity index is 2.52. The van der Waals surface area contributed by atoms with Crippen molar-refractivity contribution in [1.29, 1.82) is 0 Å². The number of aryl methyl sites for hydroxylation is 1. The molecular formula is C12H9BrCl2N2O. The van der Waals surface area contributed by atoms with Crippen molar-refractivity contribution >= 4 is 39.1 Å². The number of hydrogen-bond donors (Lipinski definition) is 0. The number of rotatable bonds is 2. The van der Waals surface area contributed by atoms with E-state index in [9.17, 15) is 0 Å². The van der Waals surface area contributed by atoms with Gasteiger partial charge in [0.15, 0.2) is 5.82 Å². The third-order valence-corrected chi connectivity index (χ3v) is 4.13. The van der Waals surface area contributed by atoms with Crippen LogP contribution in [0.3, 0.4) is 0 Å². The summed E-state index contributed by atoms with van der Waals surface area (Å²) in [5, 5.41) is 0.889. The topological polar surface area (TPSA) is 35.0 Å². The van der Waals surface area contributed by atoms with E-state index in [0.717, 1.165) is 11.3 Å². The van der Waals surface area contributed by atoms with E-state index in [-0.39, 0.29) is 0 Å². The van der Waals surface area contributed by atoms with Crippen molar-refractivity contribution in [3.63, 3.8) is 0 Å². The summed E-state index contributed by atoms with van der Waals surface area (Å²) in [6.07, 6.45) is 0. The van der Waals surface area contributed by atoms with Crippen LogP contribution in [0.4, 0.5) is 0 Å². The van der Waals surface area contributed by atoms with Crippen LogP contribution in [0.5, 0.6) is 5.75 Å². The number of aromatic nitrogens is 2. The van der Waals surface area contributed by atoms with Crippen molar-refractivity contribution < 1.29 is 4.74 Å². The highest BCUT2D eigenvalue weighted by Crippen LogP contribution is 2.31. The van der Waals surface area contributed by atoms with Crippen LogP contribution < -0.4 is 4.74 Å². The first-order valence-electron chi connectivity index (χ1n) is 5.06. The Kier molecular flexibility index (Phi) is 4.10. The van der Waals surface area contributed by atoms with Gasteiger partial charge in [0.25, 0.3) is 0 Å². The van der Waals surface area contributed by atoms with E-state index in [0.29, 0.717) is 26.2 Å². The summed E-state index contributed by atoms with van der Waals surface area (Å²) < 4.78 is 5.80. The van der Waals surface area contributed by atoms with Crippen LogP contribution in [0.25, 0.3) is 11.4 Å². The third kappa shape index (κ3) is 2.60. The molecule has 0 unspecified atom stereocenters. The predicted octanol–water partition coefficient (Wildman–Crippen LogP) is 4.53. The monoisotopic (exact) mass is 346 g/mol. The molecule has 0 amide bonds. The molecule has 0 aliphatic carbocycles. The summed E-state index contributed by atoms with van der Waals surface area (Å²) in [4.78, 5) is 8.57. The van der Waals surface area contributed by atoms with Crippen LogP contribution >= 0.6 is 39.1 Å². The lowest BCUT2D eigenvalue weighted by Crippen LogP contribution is -1.95. The highest BCUT2D eigenvalue weighted by molar-refractivity contribution is 9.10. The minimum absolute atomic E-state index is 0.379. The zero-order valence-electron chi connectivity index (χ0n) is 9.67. The smallest absolute Gasteiger partial charge is 0.161 e. The third-order valence-electron chi connectivity index (χ3n) is 2.39. The summed E-state index contributed by atoms with van der Waals surface area (Å²) in [6, 6.07) is 5.36. The summed E-state index contributed by atoms with van der Waals surface area (Å²) in [5.41, 5.74) is 1.57. The molecule has 94 valence electrons. The molecule has 0 spiro atoms. The van der Waals surface area contributed by atoms with Crippen molar-refractivity contribution in [2.75, 3.05) is 7.11 Å². The number of hydrogen-bond acceptors (Lipinski definition) is 3. The van der Waals surface area contributed by atoms with E-state index >= 15 is 0 Å². The molecule has 2 aromatic rings. The Morgan fingerprint density at radius 1 is 1.22 bits per heavy atom. The van der Waals surface area contributed by atoms with E-state index in [4.69, 9.17) is 27.9 Å². The van der Waals surface area contributed by atoms with Gasteiger partial charge in [-0.2, -0.15) is 0 Å². The number of methoxy groups -OCH3 is 1. The van der Waals surface area contributed by atoms with Gasteiger partial charge in [0.05, 0.1) is 22.3 Å². The highest BCUT2D eigenvalue weighted by Gasteiger charge is 2.10. The van der Waals surface area contributed by atoms with Crippen LogP contribution in [-0.2, 0) is 0 Å². The van der Waals surface area contributed by atoms with Gasteiger partial charge in [0.2, 0.25) is 0 Å². The Bertz CT molecular complexity index is 582. The van der Waals surface area contributed by atoms with Gasteiger partial charge in [-0.25, -0.2) is 9.97 Å². The molecule has 18 heavy (non-hydrogen) atoms. The quantitative estimate of drug-likeness (QED) is 0.748. The molecule has 1 aromatic carbocycles. The second kappa shape index (κ2) is 5.43. The summed E-state index contributed by atoms with van der Waals surface area (Å²) in [5.74, 6) is 1.14. The molecule has 0 bridgehead atoms. The molecule has 6 heteroatoms. The van der Waals surface area contributed by atoms with Crippen LogP contribution in [0.2, 0.25) is 10.2 Å². The first-order valence-corrected chi connectivity index (χ1v) is 6.61. The van der Waals surface area contributed by atoms with Gasteiger partial charge in [-0.15, -0.1) is 0 Å². The van der Waals surface area contributed by atoms with E-state index in [2.05, 4.69) is 25.9 Å². The predicted molar refractivity (Wildman–Crippen MR) is 76.5 cm³/mol. The highest BCUT2D eigenvalue weighted by atomic mass is 79.9. The summed E-state index contributed by atoms with van der Waals surface area (Å²) in [6.45, 7) is 1.85. The number of nitrogens with zero attached hydrogens (tertiary/aromatic N) is 2. The number of ether oxygens (including phenoxy) is 1. The molecule has 0 saturated heterocycles. The molecule has 0 fully saturated rings. The number of halogens is 3. The van der Waals surface area contributed by atoms with Crippen molar-refractivity contribution in [3.8, 4) is 17.1 Å². The number of benzene rings is 1. The summed E-state index contributed by atoms with van der Waals surface area (Å²) in [7, 11) is 1.57. The van der Waals surface area contributed by atoms with Gasteiger partial charge in [0, 0.05) is 5.56 Å². The molecule has 0 atom stereocenters. The van der Waals surface area contributed by atoms with E-state index in [1.165, 1.54) is 0 Å². The van der Waals surface area contributed by atoms with Crippen LogP contribution in [-0.4, -0.2) is 17.1 Å². The van der Waals surface area contributed by atoms with Crippen molar-refractivity contribution in [1.82, 2.24) is 9.97 Å². The van der Waals surface area contributed by atoms with E-state index in [1.54, 1.807) is 19.2 Å². The average Bonchev–Trinajstić information content (AvgIpc) is 2.35. The lowest BCUT2D eigenvalue weighted by Gasteiger charge is -2.07. The summed E-state index contributed by atoms with van der Waals surface area (Å²) >= 11 is 15.4. The van der Waals surface area contributed by atoms with Gasteiger partial charge in [-0.05, 0) is 41.1 Å². The molecule has 0 aliphatic heterocycles. The second-order valence-corrected chi connectivity index (χ2v) is 5.14. The standard InChI is InChI=1S/C12H9BrCl2N2O/c1-6-10(13)11(15)17-12(16-6)7-3-4-9(18-2)8(14)5-7/h3-5H,1-2H3. The van der Waals surface area contributed by atoms with Crippen LogP contribution in [0.15, 0.2) is 22.7 Å². The lowest BCUT2D eigenvalue weighted by molar-refractivity contribution is 0.415. The molecule has 0 radical (unpaired) electrons. The minimum atomic E-state index is 0.379. The van der Waals surface area contributed by atoms with Gasteiger partial charge in [-0.3, -0.25) is 0 Å². The molecule has 2 rings (SSSR count). The zero-order chi connectivity index (χ0) is 13.3. The van der Waals surface area contributed by atoms with Gasteiger partial charge in [-0.1, -0.05) is 23.2 Å². The molecule has 0 N–H and O–H groups in total. The van der Waals surface area contributed by atoms with E-state index in [1.807, 2.05) is 13.0 Å². The second-order valence-electron chi connectivity index (χ2n) is 3.59. The molecule has 0 saturated carbocycles. The maximum atomic E-state index is 6.07. The Morgan fingerprint density at radius 2 is 1.94 bits per heavy atom. The Hall–Kier alpha value is -0.840. The minimum Gasteiger partial charge on any atom is -0.495 e. The molecule has 1 heterocycles. The molecule has 0 aliphatic rings.